The largest absolute Gasteiger partial charge is 0.480 e. The van der Waals surface area contributed by atoms with Gasteiger partial charge in [-0.05, 0) is 26.8 Å². The first-order chi connectivity index (χ1) is 17.1. The fourth-order valence-corrected chi connectivity index (χ4v) is 5.20. The number of ether oxygens (including phenoxy) is 1. The highest BCUT2D eigenvalue weighted by Gasteiger charge is 2.41. The van der Waals surface area contributed by atoms with Gasteiger partial charge in [-0.15, -0.1) is 0 Å². The van der Waals surface area contributed by atoms with Gasteiger partial charge in [-0.3, -0.25) is 9.59 Å². The van der Waals surface area contributed by atoms with Crippen molar-refractivity contribution >= 4 is 40.3 Å². The van der Waals surface area contributed by atoms with E-state index in [1.165, 1.54) is 13.3 Å². The number of nitriles is 1. The molecule has 3 aromatic rings. The van der Waals surface area contributed by atoms with Gasteiger partial charge in [0.1, 0.15) is 24.0 Å². The van der Waals surface area contributed by atoms with Crippen LogP contribution in [0.1, 0.15) is 49.2 Å². The summed E-state index contributed by atoms with van der Waals surface area (Å²) in [6, 6.07) is 3.28. The maximum Gasteiger partial charge on any atom is 0.264 e. The van der Waals surface area contributed by atoms with Gasteiger partial charge in [0.15, 0.2) is 11.8 Å². The lowest BCUT2D eigenvalue weighted by molar-refractivity contribution is -0.149. The number of hydrogen-bond donors (Lipinski definition) is 1. The number of nitrogens with zero attached hydrogens (tertiary/aromatic N) is 7. The Bertz CT molecular complexity index is 1460. The Morgan fingerprint density at radius 1 is 1.36 bits per heavy atom. The van der Waals surface area contributed by atoms with Gasteiger partial charge in [-0.25, -0.2) is 14.6 Å². The Labute approximate surface area is 212 Å². The number of fused-ring (bicyclic) bond motifs is 2. The highest BCUT2D eigenvalue weighted by Crippen LogP contribution is 2.41. The summed E-state index contributed by atoms with van der Waals surface area (Å²) in [5.74, 6) is 0.511. The molecule has 5 rings (SSSR count). The molecule has 2 aromatic heterocycles. The molecule has 2 atom stereocenters. The van der Waals surface area contributed by atoms with Crippen LogP contribution in [0.4, 0.5) is 5.82 Å². The Morgan fingerprint density at radius 2 is 2.08 bits per heavy atom. The van der Waals surface area contributed by atoms with Crippen molar-refractivity contribution < 1.29 is 14.3 Å². The molecule has 0 radical (unpaired) electrons. The zero-order valence-electron chi connectivity index (χ0n) is 20.3. The van der Waals surface area contributed by atoms with Crippen LogP contribution in [0, 0.1) is 18.3 Å². The minimum Gasteiger partial charge on any atom is -0.480 e. The predicted octanol–water partition coefficient (Wildman–Crippen LogP) is 2.19. The van der Waals surface area contributed by atoms with Crippen molar-refractivity contribution in [1.82, 2.24) is 29.5 Å². The quantitative estimate of drug-likeness (QED) is 0.567. The number of benzene rings is 1. The van der Waals surface area contributed by atoms with Crippen molar-refractivity contribution in [3.05, 3.63) is 39.8 Å². The minimum atomic E-state index is -0.801. The van der Waals surface area contributed by atoms with Crippen molar-refractivity contribution in [2.45, 2.75) is 52.4 Å². The van der Waals surface area contributed by atoms with Gasteiger partial charge in [-0.2, -0.15) is 10.4 Å². The predicted molar refractivity (Wildman–Crippen MR) is 131 cm³/mol. The smallest absolute Gasteiger partial charge is 0.264 e. The maximum atomic E-state index is 13.3. The van der Waals surface area contributed by atoms with Crippen LogP contribution in [-0.2, 0) is 16.1 Å². The van der Waals surface area contributed by atoms with Crippen molar-refractivity contribution in [1.29, 1.82) is 5.26 Å². The Morgan fingerprint density at radius 3 is 2.75 bits per heavy atom. The molecule has 2 amide bonds. The van der Waals surface area contributed by atoms with E-state index in [1.807, 2.05) is 13.8 Å². The summed E-state index contributed by atoms with van der Waals surface area (Å²) < 4.78 is 7.94. The summed E-state index contributed by atoms with van der Waals surface area (Å²) in [4.78, 5) is 36.8. The molecule has 12 heteroatoms. The number of likely N-dealkylation sites (tertiary alicyclic amines) is 1. The topological polar surface area (TPSA) is 143 Å². The van der Waals surface area contributed by atoms with E-state index in [-0.39, 0.29) is 35.0 Å². The Hall–Kier alpha value is -3.91. The van der Waals surface area contributed by atoms with Gasteiger partial charge in [0, 0.05) is 31.1 Å². The van der Waals surface area contributed by atoms with Gasteiger partial charge in [0.2, 0.25) is 5.91 Å². The van der Waals surface area contributed by atoms with Crippen LogP contribution in [0.3, 0.4) is 0 Å². The molecule has 4 heterocycles. The standard InChI is InChI=1S/C24H25ClN8O3/c1-11-20-22(27)28-10-29-23(20)33(30-11)12(2)16-5-19(25)17(6-26)18-9-32(15-7-31(8-15)14(4)34)24(35)13(3)36-21(16)18/h5,10,12-13,15H,7-9H2,1-4H3,(H2,27,28,29). The van der Waals surface area contributed by atoms with Gasteiger partial charge >= 0.3 is 0 Å². The zero-order chi connectivity index (χ0) is 25.9. The van der Waals surface area contributed by atoms with E-state index in [4.69, 9.17) is 22.1 Å². The lowest BCUT2D eigenvalue weighted by Gasteiger charge is -2.45. The average molecular weight is 509 g/mol. The number of aryl methyl sites for hydroxylation is 1. The van der Waals surface area contributed by atoms with E-state index in [0.29, 0.717) is 52.5 Å². The summed E-state index contributed by atoms with van der Waals surface area (Å²) in [7, 11) is 0. The van der Waals surface area contributed by atoms with Crippen LogP contribution < -0.4 is 10.5 Å². The van der Waals surface area contributed by atoms with Crippen LogP contribution in [0.2, 0.25) is 5.02 Å². The lowest BCUT2D eigenvalue weighted by atomic mass is 9.97. The first-order valence-corrected chi connectivity index (χ1v) is 11.9. The molecule has 0 aliphatic carbocycles. The summed E-state index contributed by atoms with van der Waals surface area (Å²) in [6.45, 7) is 7.95. The van der Waals surface area contributed by atoms with Crippen LogP contribution in [0.5, 0.6) is 5.75 Å². The fourth-order valence-electron chi connectivity index (χ4n) is 4.93. The van der Waals surface area contributed by atoms with Gasteiger partial charge in [-0.1, -0.05) is 11.6 Å². The number of amides is 2. The number of carbonyl (C=O) groups is 2. The molecule has 1 saturated heterocycles. The molecule has 11 nitrogen and oxygen atoms in total. The third-order valence-electron chi connectivity index (χ3n) is 6.98. The maximum absolute atomic E-state index is 13.3. The molecule has 0 spiro atoms. The highest BCUT2D eigenvalue weighted by atomic mass is 35.5. The van der Waals surface area contributed by atoms with E-state index >= 15 is 0 Å². The first kappa shape index (κ1) is 23.8. The van der Waals surface area contributed by atoms with Crippen LogP contribution in [-0.4, -0.2) is 66.6 Å². The van der Waals surface area contributed by atoms with Crippen molar-refractivity contribution in [2.75, 3.05) is 18.8 Å². The van der Waals surface area contributed by atoms with Crippen molar-refractivity contribution in [3.63, 3.8) is 0 Å². The molecule has 186 valence electrons. The van der Waals surface area contributed by atoms with Crippen molar-refractivity contribution in [3.8, 4) is 11.8 Å². The fraction of sp³-hybridized carbons (Fsp3) is 0.417. The molecular formula is C24H25ClN8O3. The molecule has 36 heavy (non-hydrogen) atoms. The lowest BCUT2D eigenvalue weighted by Crippen LogP contribution is -2.62. The molecule has 1 fully saturated rings. The first-order valence-electron chi connectivity index (χ1n) is 11.6. The molecular weight excluding hydrogens is 484 g/mol. The Kier molecular flexibility index (Phi) is 5.71. The number of hydrogen-bond acceptors (Lipinski definition) is 8. The summed E-state index contributed by atoms with van der Waals surface area (Å²) in [5, 5.41) is 15.5. The number of aromatic nitrogens is 4. The van der Waals surface area contributed by atoms with Crippen molar-refractivity contribution in [2.24, 2.45) is 0 Å². The number of nitrogens with two attached hydrogens (primary N) is 1. The molecule has 0 bridgehead atoms. The summed E-state index contributed by atoms with van der Waals surface area (Å²) >= 11 is 6.60. The normalized spacial score (nSPS) is 18.8. The molecule has 2 unspecified atom stereocenters. The second-order valence-electron chi connectivity index (χ2n) is 9.21. The number of carbonyl (C=O) groups excluding carboxylic acids is 2. The van der Waals surface area contributed by atoms with E-state index in [9.17, 15) is 14.9 Å². The molecule has 1 aromatic carbocycles. The SMILES string of the molecule is CC(=O)N1CC(N2Cc3c(C#N)c(Cl)cc(C(C)n4nc(C)c5c(N)ncnc54)c3OC(C)C2=O)C1. The van der Waals surface area contributed by atoms with E-state index in [2.05, 4.69) is 21.1 Å². The van der Waals surface area contributed by atoms with Gasteiger partial charge in [0.25, 0.3) is 5.91 Å². The number of anilines is 1. The second kappa shape index (κ2) is 8.64. The van der Waals surface area contributed by atoms with Crippen LogP contribution >= 0.6 is 11.6 Å². The molecule has 2 N–H and O–H groups in total. The molecule has 2 aliphatic rings. The number of nitrogen functional groups attached to an aromatic ring is 1. The number of rotatable bonds is 3. The average Bonchev–Trinajstić information content (AvgIpc) is 3.08. The number of halogens is 1. The Balaban J connectivity index is 1.63. The van der Waals surface area contributed by atoms with Crippen LogP contribution in [0.15, 0.2) is 12.4 Å². The van der Waals surface area contributed by atoms with E-state index < -0.39 is 12.1 Å². The highest BCUT2D eigenvalue weighted by molar-refractivity contribution is 6.32. The van der Waals surface area contributed by atoms with Crippen LogP contribution in [0.25, 0.3) is 11.0 Å². The second-order valence-corrected chi connectivity index (χ2v) is 9.62. The monoisotopic (exact) mass is 508 g/mol. The van der Waals surface area contributed by atoms with Gasteiger partial charge in [0.05, 0.1) is 40.3 Å². The van der Waals surface area contributed by atoms with E-state index in [1.54, 1.807) is 27.5 Å². The minimum absolute atomic E-state index is 0.0405. The zero-order valence-corrected chi connectivity index (χ0v) is 21.1. The molecule has 0 saturated carbocycles. The molecule has 2 aliphatic heterocycles. The van der Waals surface area contributed by atoms with E-state index in [0.717, 1.165) is 0 Å². The third kappa shape index (κ3) is 3.60. The summed E-state index contributed by atoms with van der Waals surface area (Å²) in [5.41, 5.74) is 8.76. The van der Waals surface area contributed by atoms with Gasteiger partial charge < -0.3 is 20.3 Å². The third-order valence-corrected chi connectivity index (χ3v) is 7.28. The summed E-state index contributed by atoms with van der Waals surface area (Å²) in [6.07, 6.45) is 0.581.